The Hall–Kier alpha value is -3.38. The van der Waals surface area contributed by atoms with Crippen molar-refractivity contribution in [1.82, 2.24) is 19.4 Å². The number of benzene rings is 3. The van der Waals surface area contributed by atoms with Gasteiger partial charge in [0.05, 0.1) is 25.0 Å². The third-order valence-corrected chi connectivity index (χ3v) is 9.42. The van der Waals surface area contributed by atoms with Gasteiger partial charge in [0.25, 0.3) is 0 Å². The number of sulfonamides is 1. The highest BCUT2D eigenvalue weighted by Gasteiger charge is 2.29. The summed E-state index contributed by atoms with van der Waals surface area (Å²) in [5, 5.41) is 2.95. The normalized spacial score (nSPS) is 17.1. The van der Waals surface area contributed by atoms with Crippen LogP contribution in [0, 0.1) is 11.6 Å². The molecule has 0 saturated carbocycles. The molecule has 41 heavy (non-hydrogen) atoms. The number of ether oxygens (including phenoxy) is 1. The van der Waals surface area contributed by atoms with Crippen LogP contribution in [0.25, 0.3) is 0 Å². The van der Waals surface area contributed by atoms with Gasteiger partial charge in [-0.05, 0) is 46.5 Å². The Balaban J connectivity index is 1.20. The van der Waals surface area contributed by atoms with Crippen LogP contribution in [0.4, 0.5) is 13.6 Å². The molecule has 2 fully saturated rings. The van der Waals surface area contributed by atoms with Gasteiger partial charge in [-0.3, -0.25) is 4.90 Å². The molecule has 2 heterocycles. The minimum atomic E-state index is -3.50. The van der Waals surface area contributed by atoms with E-state index >= 15 is 0 Å². The number of piperazine rings is 1. The van der Waals surface area contributed by atoms with E-state index in [4.69, 9.17) is 4.74 Å². The van der Waals surface area contributed by atoms with Crippen molar-refractivity contribution in [2.75, 3.05) is 52.5 Å². The fourth-order valence-electron chi connectivity index (χ4n) is 5.35. The number of halogens is 2. The van der Waals surface area contributed by atoms with Gasteiger partial charge in [0.2, 0.25) is 10.0 Å². The molecule has 2 aliphatic heterocycles. The summed E-state index contributed by atoms with van der Waals surface area (Å²) in [6, 6.07) is 19.4. The number of carbonyl (C=O) groups excluding carboxylic acids is 1. The van der Waals surface area contributed by atoms with E-state index in [1.54, 1.807) is 41.3 Å². The second-order valence-electron chi connectivity index (χ2n) is 10.2. The number of urea groups is 1. The number of hydrogen-bond acceptors (Lipinski definition) is 5. The topological polar surface area (TPSA) is 82.2 Å². The van der Waals surface area contributed by atoms with E-state index in [-0.39, 0.29) is 36.0 Å². The predicted octanol–water partition coefficient (Wildman–Crippen LogP) is 3.74. The van der Waals surface area contributed by atoms with Crippen LogP contribution in [-0.2, 0) is 27.1 Å². The molecule has 2 aliphatic rings. The molecule has 3 aromatic rings. The standard InChI is InChI=1S/C30H34F2N4O4S/c31-27-9-5-23(6-10-27)29(24-7-11-28(32)12-8-24)34-13-15-35(16-14-34)30(37)33-21-25-3-1-2-4-26(25)22-41(38,39)36-17-19-40-20-18-36/h1-12,29H,13-22H2,(H,33,37). The van der Waals surface area contributed by atoms with E-state index in [1.165, 1.54) is 28.6 Å². The number of rotatable bonds is 8. The fourth-order valence-corrected chi connectivity index (χ4v) is 6.92. The van der Waals surface area contributed by atoms with Gasteiger partial charge in [-0.2, -0.15) is 4.31 Å². The maximum absolute atomic E-state index is 13.6. The highest BCUT2D eigenvalue weighted by atomic mass is 32.2. The van der Waals surface area contributed by atoms with Gasteiger partial charge in [0, 0.05) is 45.8 Å². The van der Waals surface area contributed by atoms with Crippen molar-refractivity contribution < 1.29 is 26.7 Å². The average Bonchev–Trinajstić information content (AvgIpc) is 2.99. The molecule has 2 saturated heterocycles. The fraction of sp³-hybridized carbons (Fsp3) is 0.367. The number of nitrogens with one attached hydrogen (secondary N) is 1. The summed E-state index contributed by atoms with van der Waals surface area (Å²) in [4.78, 5) is 17.0. The summed E-state index contributed by atoms with van der Waals surface area (Å²) < 4.78 is 59.9. The molecule has 0 atom stereocenters. The third kappa shape index (κ3) is 7.28. The second-order valence-corrected chi connectivity index (χ2v) is 12.2. The minimum Gasteiger partial charge on any atom is -0.379 e. The van der Waals surface area contributed by atoms with E-state index in [0.717, 1.165) is 16.7 Å². The van der Waals surface area contributed by atoms with Gasteiger partial charge in [-0.25, -0.2) is 22.0 Å². The van der Waals surface area contributed by atoms with E-state index in [0.29, 0.717) is 58.0 Å². The van der Waals surface area contributed by atoms with Crippen molar-refractivity contribution in [1.29, 1.82) is 0 Å². The SMILES string of the molecule is O=C(NCc1ccccc1CS(=O)(=O)N1CCOCC1)N1CCN(C(c2ccc(F)cc2)c2ccc(F)cc2)CC1. The molecule has 0 unspecified atom stereocenters. The van der Waals surface area contributed by atoms with Crippen molar-refractivity contribution in [3.63, 3.8) is 0 Å². The monoisotopic (exact) mass is 584 g/mol. The summed E-state index contributed by atoms with van der Waals surface area (Å²) >= 11 is 0. The van der Waals surface area contributed by atoms with Crippen LogP contribution in [0.5, 0.6) is 0 Å². The van der Waals surface area contributed by atoms with Crippen LogP contribution in [0.3, 0.4) is 0 Å². The van der Waals surface area contributed by atoms with E-state index in [9.17, 15) is 22.0 Å². The van der Waals surface area contributed by atoms with E-state index in [2.05, 4.69) is 10.2 Å². The maximum Gasteiger partial charge on any atom is 0.317 e. The molecular formula is C30H34F2N4O4S. The summed E-state index contributed by atoms with van der Waals surface area (Å²) in [5.41, 5.74) is 3.19. The van der Waals surface area contributed by atoms with Gasteiger partial charge in [0.15, 0.2) is 0 Å². The van der Waals surface area contributed by atoms with Crippen LogP contribution in [0.2, 0.25) is 0 Å². The number of hydrogen-bond donors (Lipinski definition) is 1. The molecule has 8 nitrogen and oxygen atoms in total. The average molecular weight is 585 g/mol. The number of nitrogens with zero attached hydrogens (tertiary/aromatic N) is 3. The summed E-state index contributed by atoms with van der Waals surface area (Å²) in [6.07, 6.45) is 0. The molecule has 1 N–H and O–H groups in total. The lowest BCUT2D eigenvalue weighted by atomic mass is 9.96. The zero-order chi connectivity index (χ0) is 28.8. The smallest absolute Gasteiger partial charge is 0.317 e. The third-order valence-electron chi connectivity index (χ3n) is 7.59. The van der Waals surface area contributed by atoms with Crippen LogP contribution >= 0.6 is 0 Å². The lowest BCUT2D eigenvalue weighted by Gasteiger charge is -2.39. The first-order valence-electron chi connectivity index (χ1n) is 13.7. The molecule has 2 amide bonds. The molecule has 0 aliphatic carbocycles. The molecule has 0 aromatic heterocycles. The van der Waals surface area contributed by atoms with Crippen LogP contribution in [0.1, 0.15) is 28.3 Å². The summed E-state index contributed by atoms with van der Waals surface area (Å²) in [5.74, 6) is -0.784. The summed E-state index contributed by atoms with van der Waals surface area (Å²) in [6.45, 7) is 3.75. The minimum absolute atomic E-state index is 0.133. The Kier molecular flexibility index (Phi) is 9.29. The van der Waals surface area contributed by atoms with Gasteiger partial charge in [-0.1, -0.05) is 48.5 Å². The van der Waals surface area contributed by atoms with Crippen molar-refractivity contribution in [3.05, 3.63) is 107 Å². The van der Waals surface area contributed by atoms with Gasteiger partial charge >= 0.3 is 6.03 Å². The van der Waals surface area contributed by atoms with E-state index in [1.807, 2.05) is 12.1 Å². The zero-order valence-corrected chi connectivity index (χ0v) is 23.5. The van der Waals surface area contributed by atoms with Crippen molar-refractivity contribution >= 4 is 16.1 Å². The Morgan fingerprint density at radius 2 is 1.32 bits per heavy atom. The first kappa shape index (κ1) is 29.1. The first-order valence-corrected chi connectivity index (χ1v) is 15.3. The molecule has 5 rings (SSSR count). The predicted molar refractivity (Wildman–Crippen MR) is 151 cm³/mol. The molecule has 0 bridgehead atoms. The largest absolute Gasteiger partial charge is 0.379 e. The Morgan fingerprint density at radius 3 is 1.88 bits per heavy atom. The first-order chi connectivity index (χ1) is 19.8. The van der Waals surface area contributed by atoms with Crippen LogP contribution in [-0.4, -0.2) is 81.0 Å². The quantitative estimate of drug-likeness (QED) is 0.436. The van der Waals surface area contributed by atoms with Crippen molar-refractivity contribution in [3.8, 4) is 0 Å². The Bertz CT molecular complexity index is 1380. The second kappa shape index (κ2) is 13.1. The molecule has 218 valence electrons. The van der Waals surface area contributed by atoms with Crippen molar-refractivity contribution in [2.45, 2.75) is 18.3 Å². The molecule has 0 radical (unpaired) electrons. The maximum atomic E-state index is 13.6. The zero-order valence-electron chi connectivity index (χ0n) is 22.7. The lowest BCUT2D eigenvalue weighted by Crippen LogP contribution is -2.52. The molecule has 3 aromatic carbocycles. The Labute approximate surface area is 239 Å². The van der Waals surface area contributed by atoms with Crippen molar-refractivity contribution in [2.24, 2.45) is 0 Å². The highest BCUT2D eigenvalue weighted by Crippen LogP contribution is 2.30. The molecule has 11 heteroatoms. The molecular weight excluding hydrogens is 550 g/mol. The van der Waals surface area contributed by atoms with E-state index < -0.39 is 10.0 Å². The van der Waals surface area contributed by atoms with Gasteiger partial charge in [-0.15, -0.1) is 0 Å². The lowest BCUT2D eigenvalue weighted by molar-refractivity contribution is 0.0729. The van der Waals surface area contributed by atoms with Gasteiger partial charge < -0.3 is 15.0 Å². The molecule has 0 spiro atoms. The van der Waals surface area contributed by atoms with Crippen LogP contribution < -0.4 is 5.32 Å². The summed E-state index contributed by atoms with van der Waals surface area (Å²) in [7, 11) is -3.50. The number of amides is 2. The Morgan fingerprint density at radius 1 is 0.780 bits per heavy atom. The number of morpholine rings is 1. The number of carbonyl (C=O) groups is 1. The van der Waals surface area contributed by atoms with Crippen LogP contribution in [0.15, 0.2) is 72.8 Å². The highest BCUT2D eigenvalue weighted by molar-refractivity contribution is 7.88. The van der Waals surface area contributed by atoms with Gasteiger partial charge in [0.1, 0.15) is 11.6 Å².